The molecular weight excluding hydrogens is 825 g/mol. The van der Waals surface area contributed by atoms with E-state index in [1.54, 1.807) is 20.8 Å². The first-order valence-electron chi connectivity index (χ1n) is 22.5. The summed E-state index contributed by atoms with van der Waals surface area (Å²) in [5, 5.41) is 6.18. The predicted molar refractivity (Wildman–Crippen MR) is 244 cm³/mol. The third-order valence-electron chi connectivity index (χ3n) is 12.9. The molecule has 0 aliphatic carbocycles. The Hall–Kier alpha value is -6.74. The Morgan fingerprint density at radius 2 is 1.71 bits per heavy atom. The first-order valence-corrected chi connectivity index (χ1v) is 22.5. The first-order chi connectivity index (χ1) is 31.2. The van der Waals surface area contributed by atoms with Gasteiger partial charge in [-0.2, -0.15) is 4.79 Å². The lowest BCUT2D eigenvalue weighted by atomic mass is 9.92. The van der Waals surface area contributed by atoms with E-state index in [4.69, 9.17) is 24.2 Å². The highest BCUT2D eigenvalue weighted by atomic mass is 16.6. The van der Waals surface area contributed by atoms with Crippen molar-refractivity contribution in [3.8, 4) is 28.1 Å². The highest BCUT2D eigenvalue weighted by Gasteiger charge is 2.43. The number of benzene rings is 4. The van der Waals surface area contributed by atoms with E-state index in [9.17, 15) is 19.2 Å². The number of aromatic nitrogens is 4. The van der Waals surface area contributed by atoms with Gasteiger partial charge in [0.1, 0.15) is 35.6 Å². The lowest BCUT2D eigenvalue weighted by Gasteiger charge is -2.30. The molecule has 2 aromatic heterocycles. The summed E-state index contributed by atoms with van der Waals surface area (Å²) in [6.07, 6.45) is 3.77. The van der Waals surface area contributed by atoms with Gasteiger partial charge in [0, 0.05) is 29.5 Å². The Balaban J connectivity index is 0.957. The lowest BCUT2D eigenvalue weighted by molar-refractivity contribution is -0.601. The zero-order valence-electron chi connectivity index (χ0n) is 37.9. The predicted octanol–water partition coefficient (Wildman–Crippen LogP) is 8.00. The Kier molecular flexibility index (Phi) is 11.6. The fourth-order valence-electron chi connectivity index (χ4n) is 9.68. The highest BCUT2D eigenvalue weighted by Crippen LogP contribution is 2.44. The molecule has 338 valence electrons. The molecule has 6 aromatic rings. The van der Waals surface area contributed by atoms with Gasteiger partial charge >= 0.3 is 12.2 Å². The van der Waals surface area contributed by atoms with E-state index >= 15 is 0 Å². The minimum Gasteiger partial charge on any atom is -0.488 e. The number of nitrogens with zero attached hydrogens (tertiary/aromatic N) is 4. The minimum atomic E-state index is -0.927. The number of alkyl carbamates (subject to hydrolysis) is 1. The van der Waals surface area contributed by atoms with Gasteiger partial charge in [-0.05, 0) is 105 Å². The number of primary amides is 1. The van der Waals surface area contributed by atoms with Crippen LogP contribution >= 0.6 is 0 Å². The van der Waals surface area contributed by atoms with Crippen molar-refractivity contribution in [2.75, 3.05) is 13.7 Å². The second kappa shape index (κ2) is 17.3. The summed E-state index contributed by atoms with van der Waals surface area (Å²) in [5.74, 6) is 1.78. The fourth-order valence-corrected chi connectivity index (χ4v) is 9.68. The van der Waals surface area contributed by atoms with Gasteiger partial charge in [-0.25, -0.2) is 20.1 Å². The smallest absolute Gasteiger partial charge is 0.488 e. The van der Waals surface area contributed by atoms with Gasteiger partial charge in [0.25, 0.3) is 11.8 Å². The molecule has 65 heavy (non-hydrogen) atoms. The average Bonchev–Trinajstić information content (AvgIpc) is 4.12. The molecule has 5 heterocycles. The van der Waals surface area contributed by atoms with Gasteiger partial charge in [0.05, 0.1) is 42.1 Å². The van der Waals surface area contributed by atoms with E-state index in [1.807, 2.05) is 73.2 Å². The molecule has 4 aromatic carbocycles. The Bertz CT molecular complexity index is 2790. The molecule has 0 unspecified atom stereocenters. The van der Waals surface area contributed by atoms with Crippen LogP contribution in [0.5, 0.6) is 5.75 Å². The number of nitrogens with one attached hydrogen (secondary N) is 3. The monoisotopic (exact) mass is 881 g/mol. The van der Waals surface area contributed by atoms with E-state index in [-0.39, 0.29) is 35.9 Å². The number of rotatable bonds is 9. The van der Waals surface area contributed by atoms with Gasteiger partial charge in [0.15, 0.2) is 6.04 Å². The summed E-state index contributed by atoms with van der Waals surface area (Å²) < 4.78 is 16.9. The molecule has 0 radical (unpaired) electrons. The number of ether oxygens (including phenoxy) is 3. The average molecular weight is 882 g/mol. The van der Waals surface area contributed by atoms with Gasteiger partial charge in [0.2, 0.25) is 0 Å². The number of carbonyl (C=O) groups is 4. The number of H-pyrrole nitrogens is 2. The zero-order valence-corrected chi connectivity index (χ0v) is 37.9. The second-order valence-electron chi connectivity index (χ2n) is 18.8. The van der Waals surface area contributed by atoms with Crippen LogP contribution in [-0.4, -0.2) is 85.1 Å². The number of hydrogen-bond acceptors (Lipinski definition) is 9. The molecule has 9 rings (SSSR count). The molecule has 3 aliphatic rings. The van der Waals surface area contributed by atoms with Crippen molar-refractivity contribution in [2.24, 2.45) is 5.92 Å². The van der Waals surface area contributed by atoms with Crippen molar-refractivity contribution in [1.29, 1.82) is 0 Å². The second-order valence-corrected chi connectivity index (χ2v) is 18.8. The standard InChI is InChI=1S/C50H56N8O7/c1-27(2)41(55-48(61)63-7)47(60)58-28(3)15-20-39(58)44-51-25-37(53-44)31-16-18-33-32(22-31)26-64-40-24-34-30(23-35(33)40)17-19-36-43(34)54-45(52-36)38-14-11-21-57(38)46(59)42(29-12-9-8-10-13-29)56-49(62)65-50(4,5)6/h8-10,12-13,16-19,22-25,27-28,38-39,41-42H,11,14-15,20-21,26H2,1-7H3,(H,51,53)(H,52,54)(H,55,61)(H,56,62)/p+1/t28-,38-,39-,41-,42+/m0/s1. The van der Waals surface area contributed by atoms with Crippen LogP contribution < -0.4 is 15.4 Å². The maximum absolute atomic E-state index is 14.4. The summed E-state index contributed by atoms with van der Waals surface area (Å²) in [6.45, 7) is 12.2. The molecule has 2 saturated heterocycles. The van der Waals surface area contributed by atoms with Crippen molar-refractivity contribution in [1.82, 2.24) is 35.1 Å². The van der Waals surface area contributed by atoms with Gasteiger partial charge < -0.3 is 39.3 Å². The van der Waals surface area contributed by atoms with Gasteiger partial charge in [-0.15, -0.1) is 0 Å². The van der Waals surface area contributed by atoms with E-state index in [2.05, 4.69) is 51.7 Å². The number of quaternary nitrogens is 1. The Morgan fingerprint density at radius 3 is 2.46 bits per heavy atom. The number of methoxy groups -OCH3 is 1. The number of nitrogens with two attached hydrogens (primary N) is 1. The SMILES string of the molecule is COC(=O)[NH2+][C@H](C(=O)N1[C@@H](C)CC[C@H]1c1ncc(-c2ccc3c(c2)COc2cc4c(ccc5[nH]c([C@@H]6CCCN6C(=O)[C@H](NC(=O)OC(C)(C)C)c6ccccc6)nc54)cc2-3)[nH]1)C(C)C. The quantitative estimate of drug-likeness (QED) is 0.112. The molecule has 4 amide bonds. The highest BCUT2D eigenvalue weighted by molar-refractivity contribution is 6.07. The van der Waals surface area contributed by atoms with Crippen molar-refractivity contribution >= 4 is 45.8 Å². The molecule has 3 aliphatic heterocycles. The molecule has 5 N–H and O–H groups in total. The van der Waals surface area contributed by atoms with E-state index < -0.39 is 29.9 Å². The summed E-state index contributed by atoms with van der Waals surface area (Å²) in [7, 11) is 1.32. The molecule has 15 heteroatoms. The largest absolute Gasteiger partial charge is 0.513 e. The topological polar surface area (TPSA) is 188 Å². The molecule has 2 fully saturated rings. The molecular formula is C50H57N8O7+. The van der Waals surface area contributed by atoms with Crippen molar-refractivity contribution < 1.29 is 38.7 Å². The van der Waals surface area contributed by atoms with Crippen molar-refractivity contribution in [2.45, 2.75) is 110 Å². The van der Waals surface area contributed by atoms with Gasteiger partial charge in [-0.3, -0.25) is 9.59 Å². The lowest BCUT2D eigenvalue weighted by Crippen LogP contribution is -2.96. The Morgan fingerprint density at radius 1 is 0.908 bits per heavy atom. The summed E-state index contributed by atoms with van der Waals surface area (Å²) in [5.41, 5.74) is 6.51. The summed E-state index contributed by atoms with van der Waals surface area (Å²) in [6, 6.07) is 21.8. The number of hydrogen-bond donors (Lipinski definition) is 4. The number of likely N-dealkylation sites (tertiary alicyclic amines) is 2. The van der Waals surface area contributed by atoms with Crippen LogP contribution in [0.25, 0.3) is 44.2 Å². The summed E-state index contributed by atoms with van der Waals surface area (Å²) >= 11 is 0. The third-order valence-corrected chi connectivity index (χ3v) is 12.9. The zero-order chi connectivity index (χ0) is 45.7. The maximum Gasteiger partial charge on any atom is 0.513 e. The van der Waals surface area contributed by atoms with Crippen LogP contribution in [0, 0.1) is 5.92 Å². The minimum absolute atomic E-state index is 0.000511. The maximum atomic E-state index is 14.4. The van der Waals surface area contributed by atoms with E-state index in [0.717, 1.165) is 87.0 Å². The molecule has 15 nitrogen and oxygen atoms in total. The number of carbonyl (C=O) groups excluding carboxylic acids is 4. The number of aromatic amines is 2. The van der Waals surface area contributed by atoms with E-state index in [0.29, 0.717) is 24.5 Å². The Labute approximate surface area is 377 Å². The molecule has 5 atom stereocenters. The molecule has 0 spiro atoms. The summed E-state index contributed by atoms with van der Waals surface area (Å²) in [4.78, 5) is 74.1. The molecule has 0 bridgehead atoms. The van der Waals surface area contributed by atoms with Crippen LogP contribution in [0.2, 0.25) is 0 Å². The van der Waals surface area contributed by atoms with Crippen LogP contribution in [0.4, 0.5) is 9.59 Å². The number of amides is 4. The number of imidazole rings is 2. The van der Waals surface area contributed by atoms with Crippen LogP contribution in [0.1, 0.15) is 108 Å². The van der Waals surface area contributed by atoms with Gasteiger partial charge in [-0.1, -0.05) is 62.4 Å². The first kappa shape index (κ1) is 43.5. The van der Waals surface area contributed by atoms with E-state index in [1.165, 1.54) is 12.4 Å². The van der Waals surface area contributed by atoms with Crippen LogP contribution in [-0.2, 0) is 25.7 Å². The normalized spacial score (nSPS) is 19.2. The molecule has 0 saturated carbocycles. The number of fused-ring (bicyclic) bond motifs is 6. The van der Waals surface area contributed by atoms with Crippen LogP contribution in [0.3, 0.4) is 0 Å². The van der Waals surface area contributed by atoms with Crippen molar-refractivity contribution in [3.05, 3.63) is 102 Å². The van der Waals surface area contributed by atoms with Crippen molar-refractivity contribution in [3.63, 3.8) is 0 Å². The van der Waals surface area contributed by atoms with Crippen LogP contribution in [0.15, 0.2) is 79.0 Å². The third kappa shape index (κ3) is 8.52. The fraction of sp³-hybridized carbons (Fsp3) is 0.400.